The van der Waals surface area contributed by atoms with Gasteiger partial charge in [0.2, 0.25) is 0 Å². The number of ether oxygens (including phenoxy) is 1. The highest BCUT2D eigenvalue weighted by Crippen LogP contribution is 2.33. The number of nitrogens with one attached hydrogen (secondary N) is 2. The maximum Gasteiger partial charge on any atom is 0.315 e. The summed E-state index contributed by atoms with van der Waals surface area (Å²) in [6, 6.07) is -0.166. The van der Waals surface area contributed by atoms with E-state index >= 15 is 0 Å². The number of terminal acetylenes is 1. The molecule has 1 heterocycles. The SMILES string of the molecule is C#CCNC(=O)NCC1(N2CCOCC2)CCCCC1. The summed E-state index contributed by atoms with van der Waals surface area (Å²) in [7, 11) is 0. The average Bonchev–Trinajstić information content (AvgIpc) is 2.52. The molecule has 1 aliphatic carbocycles. The minimum atomic E-state index is -0.166. The van der Waals surface area contributed by atoms with E-state index in [2.05, 4.69) is 21.5 Å². The highest BCUT2D eigenvalue weighted by atomic mass is 16.5. The lowest BCUT2D eigenvalue weighted by Gasteiger charge is -2.48. The second kappa shape index (κ2) is 7.51. The van der Waals surface area contributed by atoms with Gasteiger partial charge in [0.05, 0.1) is 19.8 Å². The molecule has 0 atom stereocenters. The predicted octanol–water partition coefficient (Wildman–Crippen LogP) is 0.954. The van der Waals surface area contributed by atoms with Crippen LogP contribution in [0, 0.1) is 12.3 Å². The lowest BCUT2D eigenvalue weighted by molar-refractivity contribution is -0.0357. The first kappa shape index (κ1) is 15.1. The minimum absolute atomic E-state index is 0.107. The van der Waals surface area contributed by atoms with E-state index in [1.165, 1.54) is 19.3 Å². The van der Waals surface area contributed by atoms with Crippen LogP contribution >= 0.6 is 0 Å². The number of hydrogen-bond donors (Lipinski definition) is 2. The molecule has 112 valence electrons. The largest absolute Gasteiger partial charge is 0.379 e. The van der Waals surface area contributed by atoms with Gasteiger partial charge in [0.25, 0.3) is 0 Å². The zero-order valence-electron chi connectivity index (χ0n) is 12.1. The van der Waals surface area contributed by atoms with Crippen molar-refractivity contribution in [2.24, 2.45) is 0 Å². The van der Waals surface area contributed by atoms with Gasteiger partial charge in [-0.15, -0.1) is 6.42 Å². The van der Waals surface area contributed by atoms with Crippen molar-refractivity contribution >= 4 is 6.03 Å². The third kappa shape index (κ3) is 3.87. The molecule has 20 heavy (non-hydrogen) atoms. The molecule has 0 aromatic rings. The zero-order valence-corrected chi connectivity index (χ0v) is 12.1. The highest BCUT2D eigenvalue weighted by Gasteiger charge is 2.38. The first-order valence-electron chi connectivity index (χ1n) is 7.55. The van der Waals surface area contributed by atoms with Crippen molar-refractivity contribution in [3.05, 3.63) is 0 Å². The van der Waals surface area contributed by atoms with Gasteiger partial charge >= 0.3 is 6.03 Å². The number of rotatable bonds is 4. The Balaban J connectivity index is 1.92. The first-order chi connectivity index (χ1) is 9.77. The summed E-state index contributed by atoms with van der Waals surface area (Å²) in [5.41, 5.74) is 0.107. The van der Waals surface area contributed by atoms with Gasteiger partial charge in [0.1, 0.15) is 0 Å². The predicted molar refractivity (Wildman–Crippen MR) is 78.4 cm³/mol. The summed E-state index contributed by atoms with van der Waals surface area (Å²) in [5, 5.41) is 5.66. The smallest absolute Gasteiger partial charge is 0.315 e. The molecule has 5 nitrogen and oxygen atoms in total. The van der Waals surface area contributed by atoms with Crippen LogP contribution in [-0.2, 0) is 4.74 Å². The third-order valence-corrected chi connectivity index (χ3v) is 4.40. The van der Waals surface area contributed by atoms with Crippen LogP contribution in [0.1, 0.15) is 32.1 Å². The molecule has 2 fully saturated rings. The Morgan fingerprint density at radius 1 is 1.20 bits per heavy atom. The number of hydrogen-bond acceptors (Lipinski definition) is 3. The molecule has 1 saturated heterocycles. The van der Waals surface area contributed by atoms with E-state index in [-0.39, 0.29) is 18.1 Å². The molecule has 2 aliphatic rings. The van der Waals surface area contributed by atoms with Crippen LogP contribution in [0.5, 0.6) is 0 Å². The Bertz CT molecular complexity index is 353. The summed E-state index contributed by atoms with van der Waals surface area (Å²) in [5.74, 6) is 2.41. The quantitative estimate of drug-likeness (QED) is 0.754. The van der Waals surface area contributed by atoms with Crippen LogP contribution in [0.15, 0.2) is 0 Å². The molecule has 2 amide bonds. The second-order valence-corrected chi connectivity index (χ2v) is 5.62. The summed E-state index contributed by atoms with van der Waals surface area (Å²) in [4.78, 5) is 14.2. The van der Waals surface area contributed by atoms with Gasteiger partial charge in [-0.25, -0.2) is 4.79 Å². The van der Waals surface area contributed by atoms with Crippen molar-refractivity contribution in [3.8, 4) is 12.3 Å². The van der Waals surface area contributed by atoms with E-state index in [1.54, 1.807) is 0 Å². The van der Waals surface area contributed by atoms with Crippen LogP contribution in [0.3, 0.4) is 0 Å². The van der Waals surface area contributed by atoms with Crippen molar-refractivity contribution in [3.63, 3.8) is 0 Å². The monoisotopic (exact) mass is 279 g/mol. The van der Waals surface area contributed by atoms with Crippen LogP contribution in [-0.4, -0.2) is 55.9 Å². The van der Waals surface area contributed by atoms with E-state index in [0.29, 0.717) is 6.54 Å². The maximum absolute atomic E-state index is 11.7. The zero-order chi connectivity index (χ0) is 14.3. The molecule has 0 aromatic carbocycles. The molecule has 0 unspecified atom stereocenters. The topological polar surface area (TPSA) is 53.6 Å². The molecular weight excluding hydrogens is 254 g/mol. The fraction of sp³-hybridized carbons (Fsp3) is 0.800. The molecule has 5 heteroatoms. The Labute approximate surface area is 121 Å². The van der Waals surface area contributed by atoms with Gasteiger partial charge in [-0.1, -0.05) is 25.2 Å². The third-order valence-electron chi connectivity index (χ3n) is 4.40. The normalized spacial score (nSPS) is 22.8. The Morgan fingerprint density at radius 2 is 1.90 bits per heavy atom. The molecule has 0 aromatic heterocycles. The van der Waals surface area contributed by atoms with Crippen LogP contribution < -0.4 is 10.6 Å². The summed E-state index contributed by atoms with van der Waals surface area (Å²) >= 11 is 0. The van der Waals surface area contributed by atoms with E-state index in [4.69, 9.17) is 11.2 Å². The fourth-order valence-electron chi connectivity index (χ4n) is 3.29. The van der Waals surface area contributed by atoms with Crippen molar-refractivity contribution in [1.29, 1.82) is 0 Å². The second-order valence-electron chi connectivity index (χ2n) is 5.62. The molecular formula is C15H25N3O2. The van der Waals surface area contributed by atoms with E-state index in [9.17, 15) is 4.79 Å². The summed E-state index contributed by atoms with van der Waals surface area (Å²) in [6.45, 7) is 4.50. The molecule has 1 aliphatic heterocycles. The Morgan fingerprint density at radius 3 is 2.55 bits per heavy atom. The number of morpholine rings is 1. The van der Waals surface area contributed by atoms with Crippen LogP contribution in [0.4, 0.5) is 4.79 Å². The number of carbonyl (C=O) groups is 1. The first-order valence-corrected chi connectivity index (χ1v) is 7.55. The van der Waals surface area contributed by atoms with Gasteiger partial charge < -0.3 is 15.4 Å². The van der Waals surface area contributed by atoms with Crippen molar-refractivity contribution in [2.75, 3.05) is 39.4 Å². The van der Waals surface area contributed by atoms with E-state index < -0.39 is 0 Å². The minimum Gasteiger partial charge on any atom is -0.379 e. The number of urea groups is 1. The summed E-state index contributed by atoms with van der Waals surface area (Å²) in [6.07, 6.45) is 11.2. The molecule has 1 saturated carbocycles. The van der Waals surface area contributed by atoms with Gasteiger partial charge in [-0.3, -0.25) is 4.90 Å². The molecule has 0 bridgehead atoms. The number of carbonyl (C=O) groups excluding carboxylic acids is 1. The van der Waals surface area contributed by atoms with Crippen LogP contribution in [0.2, 0.25) is 0 Å². The number of amides is 2. The summed E-state index contributed by atoms with van der Waals surface area (Å²) < 4.78 is 5.45. The molecule has 2 rings (SSSR count). The van der Waals surface area contributed by atoms with Crippen LogP contribution in [0.25, 0.3) is 0 Å². The standard InChI is InChI=1S/C15H25N3O2/c1-2-8-16-14(19)17-13-15(6-4-3-5-7-15)18-9-11-20-12-10-18/h1H,3-13H2,(H2,16,17,19). The maximum atomic E-state index is 11.7. The van der Waals surface area contributed by atoms with Gasteiger partial charge in [-0.05, 0) is 12.8 Å². The van der Waals surface area contributed by atoms with E-state index in [1.807, 2.05) is 0 Å². The number of nitrogens with zero attached hydrogens (tertiary/aromatic N) is 1. The fourth-order valence-corrected chi connectivity index (χ4v) is 3.29. The van der Waals surface area contributed by atoms with Gasteiger partial charge in [-0.2, -0.15) is 0 Å². The lowest BCUT2D eigenvalue weighted by Crippen LogP contribution is -2.60. The Hall–Kier alpha value is -1.25. The van der Waals surface area contributed by atoms with Crippen molar-refractivity contribution in [2.45, 2.75) is 37.6 Å². The molecule has 2 N–H and O–H groups in total. The molecule has 0 radical (unpaired) electrons. The Kier molecular flexibility index (Phi) is 5.69. The average molecular weight is 279 g/mol. The highest BCUT2D eigenvalue weighted by molar-refractivity contribution is 5.74. The van der Waals surface area contributed by atoms with Crippen molar-refractivity contribution < 1.29 is 9.53 Å². The van der Waals surface area contributed by atoms with Crippen molar-refractivity contribution in [1.82, 2.24) is 15.5 Å². The van der Waals surface area contributed by atoms with Gasteiger partial charge in [0.15, 0.2) is 0 Å². The van der Waals surface area contributed by atoms with E-state index in [0.717, 1.165) is 39.1 Å². The van der Waals surface area contributed by atoms with Gasteiger partial charge in [0, 0.05) is 25.2 Å². The lowest BCUT2D eigenvalue weighted by atomic mass is 9.80. The molecule has 0 spiro atoms.